The van der Waals surface area contributed by atoms with E-state index in [1.807, 2.05) is 24.3 Å². The zero-order chi connectivity index (χ0) is 45.1. The molecular weight excluding hydrogens is 827 g/mol. The summed E-state index contributed by atoms with van der Waals surface area (Å²) in [5.41, 5.74) is 33.3. The van der Waals surface area contributed by atoms with E-state index in [9.17, 15) is 0 Å². The van der Waals surface area contributed by atoms with Crippen LogP contribution >= 0.6 is 0 Å². The van der Waals surface area contributed by atoms with E-state index in [4.69, 9.17) is 16.0 Å². The van der Waals surface area contributed by atoms with Gasteiger partial charge in [0.05, 0.1) is 6.54 Å². The van der Waals surface area contributed by atoms with Crippen LogP contribution in [0.25, 0.3) is 32.7 Å². The number of benzene rings is 8. The van der Waals surface area contributed by atoms with Gasteiger partial charge in [-0.05, 0) is 110 Å². The van der Waals surface area contributed by atoms with Crippen molar-refractivity contribution in [1.82, 2.24) is 0 Å². The van der Waals surface area contributed by atoms with E-state index in [0.717, 1.165) is 35.5 Å². The van der Waals surface area contributed by atoms with E-state index in [1.54, 1.807) is 0 Å². The van der Waals surface area contributed by atoms with Gasteiger partial charge in [0, 0.05) is 24.7 Å². The number of azide groups is 1. The summed E-state index contributed by atoms with van der Waals surface area (Å²) < 4.78 is 4.94. The van der Waals surface area contributed by atoms with E-state index in [-0.39, 0.29) is 37.6 Å². The van der Waals surface area contributed by atoms with Crippen LogP contribution in [-0.2, 0) is 17.8 Å². The third-order valence-corrected chi connectivity index (χ3v) is 11.3. The van der Waals surface area contributed by atoms with Gasteiger partial charge >= 0.3 is 18.9 Å². The first-order chi connectivity index (χ1) is 32.0. The average Bonchev–Trinajstić information content (AvgIpc) is 3.98. The molecule has 330 valence electrons. The minimum atomic E-state index is 0. The summed E-state index contributed by atoms with van der Waals surface area (Å²) in [4.78, 5) is 2.87. The van der Waals surface area contributed by atoms with Crippen LogP contribution in [0.5, 0.6) is 0 Å². The molecule has 9 rings (SSSR count). The van der Waals surface area contributed by atoms with Crippen LogP contribution in [0.4, 0.5) is 0 Å². The molecule has 8 aromatic rings. The normalized spacial score (nSPS) is 12.2. The molecule has 0 radical (unpaired) electrons. The molecular formula is C60H60AlLiN4O. The van der Waals surface area contributed by atoms with Crippen LogP contribution in [0.3, 0.4) is 0 Å². The van der Waals surface area contributed by atoms with Crippen LogP contribution in [0, 0.1) is 13.8 Å². The quantitative estimate of drug-likeness (QED) is 0.0461. The van der Waals surface area contributed by atoms with Crippen LogP contribution in [0.15, 0.2) is 224 Å². The fraction of sp³-hybridized carbons (Fsp3) is 0.133. The summed E-state index contributed by atoms with van der Waals surface area (Å²) >= 11 is 0. The molecule has 0 unspecified atom stereocenters. The van der Waals surface area contributed by atoms with Crippen molar-refractivity contribution in [2.75, 3.05) is 13.2 Å². The van der Waals surface area contributed by atoms with Gasteiger partial charge in [0.25, 0.3) is 0 Å². The number of aryl methyl sites for hydroxylation is 2. The van der Waals surface area contributed by atoms with Crippen molar-refractivity contribution in [2.24, 2.45) is 10.8 Å². The van der Waals surface area contributed by atoms with Crippen molar-refractivity contribution in [3.63, 3.8) is 0 Å². The Morgan fingerprint density at radius 3 is 0.970 bits per heavy atom. The number of nitrogens with two attached hydrogens (primary N) is 1. The molecule has 1 saturated heterocycles. The van der Waals surface area contributed by atoms with E-state index < -0.39 is 0 Å². The Morgan fingerprint density at radius 1 is 0.448 bits per heavy atom. The van der Waals surface area contributed by atoms with Crippen molar-refractivity contribution in [3.8, 4) is 0 Å². The second-order valence-electron chi connectivity index (χ2n) is 16.0. The molecule has 0 saturated carbocycles. The van der Waals surface area contributed by atoms with Crippen LogP contribution in [0.2, 0.25) is 0 Å². The van der Waals surface area contributed by atoms with E-state index in [2.05, 4.69) is 218 Å². The first-order valence-corrected chi connectivity index (χ1v) is 22.3. The summed E-state index contributed by atoms with van der Waals surface area (Å²) in [5.74, 6) is 0. The zero-order valence-corrected chi connectivity index (χ0v) is 38.4. The maximum atomic E-state index is 8.61. The molecule has 0 atom stereocenters. The molecule has 0 bridgehead atoms. The second kappa shape index (κ2) is 27.3. The third kappa shape index (κ3) is 14.5. The third-order valence-electron chi connectivity index (χ3n) is 11.3. The number of hydrogen-bond acceptors (Lipinski definition) is 3. The van der Waals surface area contributed by atoms with Crippen LogP contribution < -0.4 is 24.6 Å². The minimum absolute atomic E-state index is 0. The van der Waals surface area contributed by atoms with Gasteiger partial charge in [0.2, 0.25) is 0 Å². The van der Waals surface area contributed by atoms with Gasteiger partial charge in [-0.2, -0.15) is 0 Å². The van der Waals surface area contributed by atoms with Crippen molar-refractivity contribution >= 4 is 39.7 Å². The standard InChI is InChI=1S/C28H23N3.C28H25N.C4H8O.Al.Li.4H/c1-21-12-16-25(17-13-21)27(23-8-4-2-5-9-23)28(24-10-6-3-7-11-24)26-18-14-22(15-19-26)20-30-31-29;1-21-12-16-25(17-13-21)27(23-8-4-2-5-9-23)28(24-10-6-3-7-11-24)26-18-14-22(20-29)15-19-26;1-2-4-5-3-1;;;;;;/h2-19H,20H2,1H3;2-19H,20,29H2,1H3;1-4H2;;;;;;/q;;;;+1;;;;-1/b2*28-27+;;;;;;;. The summed E-state index contributed by atoms with van der Waals surface area (Å²) in [6, 6.07) is 76.7. The predicted octanol–water partition coefficient (Wildman–Crippen LogP) is 11.0. The maximum Gasteiger partial charge on any atom is 1.00 e. The van der Waals surface area contributed by atoms with E-state index in [1.165, 1.54) is 79.6 Å². The Morgan fingerprint density at radius 2 is 0.716 bits per heavy atom. The molecule has 2 N–H and O–H groups in total. The summed E-state index contributed by atoms with van der Waals surface area (Å²) in [6.45, 7) is 7.13. The second-order valence-corrected chi connectivity index (χ2v) is 16.0. The smallest absolute Gasteiger partial charge is 1.00 e. The van der Waals surface area contributed by atoms with E-state index >= 15 is 0 Å². The molecule has 7 heteroatoms. The SMILES string of the molecule is C1CCOC1.Cc1ccc(/C(=C(\c2ccccc2)c2ccc(CN)cc2)c2ccccc2)cc1.Cc1ccc(/C(=C(\c2ccccc2)c2ccc(CN=[N+]=[N-])cc2)c2ccccc2)cc1.[AlH3].[H-].[Li+]. The molecule has 0 aliphatic carbocycles. The molecule has 0 aromatic heterocycles. The van der Waals surface area contributed by atoms with Crippen LogP contribution in [0.1, 0.15) is 81.0 Å². The summed E-state index contributed by atoms with van der Waals surface area (Å²) in [7, 11) is 0. The Balaban J connectivity index is 0.000000258. The largest absolute Gasteiger partial charge is 1.00 e. The minimum Gasteiger partial charge on any atom is -1.00 e. The van der Waals surface area contributed by atoms with Gasteiger partial charge in [-0.25, -0.2) is 0 Å². The van der Waals surface area contributed by atoms with Crippen molar-refractivity contribution in [3.05, 3.63) is 296 Å². The van der Waals surface area contributed by atoms with E-state index in [0.29, 0.717) is 13.1 Å². The molecule has 1 fully saturated rings. The monoisotopic (exact) mass is 886 g/mol. The fourth-order valence-electron chi connectivity index (χ4n) is 7.89. The average molecular weight is 887 g/mol. The molecule has 0 amide bonds. The van der Waals surface area contributed by atoms with Gasteiger partial charge in [-0.3, -0.25) is 0 Å². The summed E-state index contributed by atoms with van der Waals surface area (Å²) in [5, 5.41) is 3.68. The van der Waals surface area contributed by atoms with Gasteiger partial charge in [-0.15, -0.1) is 0 Å². The number of ether oxygens (including phenoxy) is 1. The molecule has 0 spiro atoms. The Bertz CT molecular complexity index is 2810. The molecule has 1 heterocycles. The Labute approximate surface area is 421 Å². The zero-order valence-electron chi connectivity index (χ0n) is 39.4. The Hall–Kier alpha value is -6.40. The predicted molar refractivity (Wildman–Crippen MR) is 283 cm³/mol. The number of nitrogens with zero attached hydrogens (tertiary/aromatic N) is 3. The molecule has 5 nitrogen and oxygen atoms in total. The first-order valence-electron chi connectivity index (χ1n) is 22.3. The number of hydrogen-bond donors (Lipinski definition) is 1. The molecule has 67 heavy (non-hydrogen) atoms. The van der Waals surface area contributed by atoms with Crippen molar-refractivity contribution in [1.29, 1.82) is 0 Å². The fourth-order valence-corrected chi connectivity index (χ4v) is 7.89. The molecule has 1 aliphatic heterocycles. The Kier molecular flexibility index (Phi) is 21.0. The topological polar surface area (TPSA) is 84.0 Å². The van der Waals surface area contributed by atoms with Crippen LogP contribution in [-0.4, -0.2) is 30.6 Å². The number of rotatable bonds is 11. The van der Waals surface area contributed by atoms with Gasteiger partial charge in [0.15, 0.2) is 17.4 Å². The molecule has 1 aliphatic rings. The van der Waals surface area contributed by atoms with Gasteiger partial charge in [0.1, 0.15) is 0 Å². The van der Waals surface area contributed by atoms with Crippen molar-refractivity contribution < 1.29 is 25.0 Å². The molecule has 8 aromatic carbocycles. The summed E-state index contributed by atoms with van der Waals surface area (Å²) in [6.07, 6.45) is 2.56. The maximum absolute atomic E-state index is 8.61. The first kappa shape index (κ1) is 51.6. The van der Waals surface area contributed by atoms with Gasteiger partial charge < -0.3 is 11.9 Å². The van der Waals surface area contributed by atoms with Gasteiger partial charge in [-0.1, -0.05) is 235 Å². The van der Waals surface area contributed by atoms with Crippen molar-refractivity contribution in [2.45, 2.75) is 39.8 Å².